The van der Waals surface area contributed by atoms with E-state index in [9.17, 15) is 9.59 Å². The number of methoxy groups -OCH3 is 1. The maximum atomic E-state index is 11.6. The van der Waals surface area contributed by atoms with Crippen LogP contribution in [0.2, 0.25) is 0 Å². The maximum Gasteiger partial charge on any atom is 0.320 e. The second-order valence-corrected chi connectivity index (χ2v) is 4.21. The standard InChI is InChI=1S/C12H20N4O3/c1-9-8-10(16(2)15-9)14-12(18)13-7-5-4-6-11(17)19-3/h8H,4-7H2,1-3H3,(H2,13,14,18). The first-order chi connectivity index (χ1) is 9.02. The zero-order valence-corrected chi connectivity index (χ0v) is 11.5. The summed E-state index contributed by atoms with van der Waals surface area (Å²) < 4.78 is 6.13. The van der Waals surface area contributed by atoms with Crippen LogP contribution in [0.3, 0.4) is 0 Å². The van der Waals surface area contributed by atoms with Gasteiger partial charge in [-0.15, -0.1) is 0 Å². The number of ether oxygens (including phenoxy) is 1. The molecule has 1 rings (SSSR count). The van der Waals surface area contributed by atoms with Gasteiger partial charge in [0.05, 0.1) is 12.8 Å². The molecule has 2 N–H and O–H groups in total. The van der Waals surface area contributed by atoms with E-state index in [0.29, 0.717) is 25.2 Å². The second-order valence-electron chi connectivity index (χ2n) is 4.21. The molecule has 7 nitrogen and oxygen atoms in total. The van der Waals surface area contributed by atoms with E-state index >= 15 is 0 Å². The fourth-order valence-electron chi connectivity index (χ4n) is 1.59. The number of hydrogen-bond acceptors (Lipinski definition) is 4. The van der Waals surface area contributed by atoms with Crippen LogP contribution in [0.1, 0.15) is 25.0 Å². The number of nitrogens with one attached hydrogen (secondary N) is 2. The fraction of sp³-hybridized carbons (Fsp3) is 0.583. The van der Waals surface area contributed by atoms with Crippen molar-refractivity contribution < 1.29 is 14.3 Å². The van der Waals surface area contributed by atoms with Crippen molar-refractivity contribution in [2.24, 2.45) is 7.05 Å². The van der Waals surface area contributed by atoms with Gasteiger partial charge in [0.25, 0.3) is 0 Å². The Labute approximate surface area is 112 Å². The predicted octanol–water partition coefficient (Wildman–Crippen LogP) is 1.19. The Bertz CT molecular complexity index is 442. The molecule has 0 saturated heterocycles. The van der Waals surface area contributed by atoms with Crippen molar-refractivity contribution in [3.05, 3.63) is 11.8 Å². The minimum absolute atomic E-state index is 0.227. The average Bonchev–Trinajstić information content (AvgIpc) is 2.67. The summed E-state index contributed by atoms with van der Waals surface area (Å²) in [4.78, 5) is 22.4. The Morgan fingerprint density at radius 3 is 2.74 bits per heavy atom. The van der Waals surface area contributed by atoms with Gasteiger partial charge in [0, 0.05) is 26.1 Å². The van der Waals surface area contributed by atoms with E-state index < -0.39 is 0 Å². The Kier molecular flexibility index (Phi) is 5.84. The van der Waals surface area contributed by atoms with E-state index in [-0.39, 0.29) is 12.0 Å². The van der Waals surface area contributed by atoms with Crippen molar-refractivity contribution in [2.75, 3.05) is 19.0 Å². The highest BCUT2D eigenvalue weighted by Gasteiger charge is 2.06. The van der Waals surface area contributed by atoms with Gasteiger partial charge in [-0.25, -0.2) is 4.79 Å². The highest BCUT2D eigenvalue weighted by atomic mass is 16.5. The van der Waals surface area contributed by atoms with Gasteiger partial charge in [0.2, 0.25) is 0 Å². The number of carbonyl (C=O) groups is 2. The number of anilines is 1. The molecule has 0 saturated carbocycles. The van der Waals surface area contributed by atoms with Crippen molar-refractivity contribution in [1.82, 2.24) is 15.1 Å². The average molecular weight is 268 g/mol. The monoisotopic (exact) mass is 268 g/mol. The quantitative estimate of drug-likeness (QED) is 0.599. The number of aromatic nitrogens is 2. The van der Waals surface area contributed by atoms with Crippen molar-refractivity contribution >= 4 is 17.8 Å². The summed E-state index contributed by atoms with van der Waals surface area (Å²) in [6.45, 7) is 2.37. The summed E-state index contributed by atoms with van der Waals surface area (Å²) in [6, 6.07) is 1.51. The molecule has 2 amide bonds. The molecule has 1 aromatic rings. The Balaban J connectivity index is 2.18. The van der Waals surface area contributed by atoms with Crippen LogP contribution in [0.15, 0.2) is 6.07 Å². The first kappa shape index (κ1) is 15.0. The lowest BCUT2D eigenvalue weighted by Gasteiger charge is -2.07. The summed E-state index contributed by atoms with van der Waals surface area (Å²) >= 11 is 0. The molecule has 1 heterocycles. The Hall–Kier alpha value is -2.05. The third kappa shape index (κ3) is 5.41. The molecule has 0 aliphatic rings. The van der Waals surface area contributed by atoms with Crippen LogP contribution < -0.4 is 10.6 Å². The zero-order valence-electron chi connectivity index (χ0n) is 11.5. The maximum absolute atomic E-state index is 11.6. The Morgan fingerprint density at radius 2 is 2.16 bits per heavy atom. The highest BCUT2D eigenvalue weighted by molar-refractivity contribution is 5.88. The molecule has 0 aromatic carbocycles. The molecule has 0 radical (unpaired) electrons. The number of amides is 2. The summed E-state index contributed by atoms with van der Waals surface area (Å²) in [7, 11) is 3.13. The van der Waals surface area contributed by atoms with E-state index in [4.69, 9.17) is 0 Å². The highest BCUT2D eigenvalue weighted by Crippen LogP contribution is 2.07. The first-order valence-electron chi connectivity index (χ1n) is 6.15. The van der Waals surface area contributed by atoms with E-state index in [2.05, 4.69) is 20.5 Å². The number of rotatable bonds is 6. The molecule has 0 fully saturated rings. The van der Waals surface area contributed by atoms with Crippen LogP contribution in [0.5, 0.6) is 0 Å². The molecule has 0 bridgehead atoms. The van der Waals surface area contributed by atoms with Crippen LogP contribution >= 0.6 is 0 Å². The van der Waals surface area contributed by atoms with E-state index in [1.165, 1.54) is 7.11 Å². The van der Waals surface area contributed by atoms with Crippen LogP contribution in [-0.4, -0.2) is 35.4 Å². The van der Waals surface area contributed by atoms with Crippen LogP contribution in [0.25, 0.3) is 0 Å². The molecule has 7 heteroatoms. The number of unbranched alkanes of at least 4 members (excludes halogenated alkanes) is 1. The third-order valence-electron chi connectivity index (χ3n) is 2.56. The minimum atomic E-state index is -0.277. The largest absolute Gasteiger partial charge is 0.469 e. The van der Waals surface area contributed by atoms with Crippen molar-refractivity contribution in [3.63, 3.8) is 0 Å². The lowest BCUT2D eigenvalue weighted by atomic mass is 10.2. The first-order valence-corrected chi connectivity index (χ1v) is 6.15. The molecule has 0 aliphatic heterocycles. The number of aryl methyl sites for hydroxylation is 2. The Morgan fingerprint density at radius 1 is 1.42 bits per heavy atom. The lowest BCUT2D eigenvalue weighted by Crippen LogP contribution is -2.30. The van der Waals surface area contributed by atoms with E-state index in [1.807, 2.05) is 6.92 Å². The molecule has 0 aliphatic carbocycles. The topological polar surface area (TPSA) is 85.2 Å². The zero-order chi connectivity index (χ0) is 14.3. The summed E-state index contributed by atoms with van der Waals surface area (Å²) in [5.41, 5.74) is 0.843. The number of nitrogens with zero attached hydrogens (tertiary/aromatic N) is 2. The number of carbonyl (C=O) groups excluding carboxylic acids is 2. The molecule has 0 unspecified atom stereocenters. The van der Waals surface area contributed by atoms with Gasteiger partial charge in [0.1, 0.15) is 5.82 Å². The third-order valence-corrected chi connectivity index (χ3v) is 2.56. The van der Waals surface area contributed by atoms with Crippen molar-refractivity contribution in [1.29, 1.82) is 0 Å². The second kappa shape index (κ2) is 7.40. The van der Waals surface area contributed by atoms with Gasteiger partial charge in [-0.05, 0) is 19.8 Å². The molecule has 0 spiro atoms. The smallest absolute Gasteiger partial charge is 0.320 e. The number of hydrogen-bond donors (Lipinski definition) is 2. The minimum Gasteiger partial charge on any atom is -0.469 e. The van der Waals surface area contributed by atoms with Gasteiger partial charge >= 0.3 is 12.0 Å². The lowest BCUT2D eigenvalue weighted by molar-refractivity contribution is -0.140. The SMILES string of the molecule is COC(=O)CCCCNC(=O)Nc1cc(C)nn1C. The fourth-order valence-corrected chi connectivity index (χ4v) is 1.59. The summed E-state index contributed by atoms with van der Waals surface area (Å²) in [6.07, 6.45) is 1.80. The molecule has 106 valence electrons. The molecule has 19 heavy (non-hydrogen) atoms. The van der Waals surface area contributed by atoms with Crippen LogP contribution in [0, 0.1) is 6.92 Å². The van der Waals surface area contributed by atoms with Gasteiger partial charge in [-0.1, -0.05) is 0 Å². The van der Waals surface area contributed by atoms with E-state index in [0.717, 1.165) is 12.1 Å². The molecule has 1 aromatic heterocycles. The van der Waals surface area contributed by atoms with Crippen molar-refractivity contribution in [3.8, 4) is 0 Å². The molecule has 0 atom stereocenters. The van der Waals surface area contributed by atoms with Gasteiger partial charge in [-0.3, -0.25) is 14.8 Å². The number of urea groups is 1. The summed E-state index contributed by atoms with van der Waals surface area (Å²) in [5, 5.41) is 9.54. The van der Waals surface area contributed by atoms with Crippen molar-refractivity contribution in [2.45, 2.75) is 26.2 Å². The summed E-state index contributed by atoms with van der Waals surface area (Å²) in [5.74, 6) is 0.416. The van der Waals surface area contributed by atoms with Gasteiger partial charge in [-0.2, -0.15) is 5.10 Å². The molecular weight excluding hydrogens is 248 g/mol. The molecular formula is C12H20N4O3. The van der Waals surface area contributed by atoms with Gasteiger partial charge < -0.3 is 10.1 Å². The van der Waals surface area contributed by atoms with Crippen LogP contribution in [-0.2, 0) is 16.6 Å². The predicted molar refractivity (Wildman–Crippen MR) is 70.8 cm³/mol. The normalized spacial score (nSPS) is 10.1. The number of esters is 1. The van der Waals surface area contributed by atoms with Gasteiger partial charge in [0.15, 0.2) is 0 Å². The van der Waals surface area contributed by atoms with E-state index in [1.54, 1.807) is 17.8 Å². The van der Waals surface area contributed by atoms with Crippen LogP contribution in [0.4, 0.5) is 10.6 Å².